The molecule has 0 saturated carbocycles. The lowest BCUT2D eigenvalue weighted by molar-refractivity contribution is -0.117. The topological polar surface area (TPSA) is 119 Å². The molecule has 1 rings (SSSR count). The number of hydrogen-bond acceptors (Lipinski definition) is 4. The Morgan fingerprint density at radius 2 is 1.95 bits per heavy atom. The summed E-state index contributed by atoms with van der Waals surface area (Å²) in [6.45, 7) is 0.568. The number of ether oxygens (including phenoxy) is 1. The first-order valence-electron chi connectivity index (χ1n) is 6.25. The second-order valence-corrected chi connectivity index (χ2v) is 4.30. The van der Waals surface area contributed by atoms with Crippen LogP contribution in [0.15, 0.2) is 24.3 Å². The van der Waals surface area contributed by atoms with Gasteiger partial charge in [0.05, 0.1) is 6.04 Å². The molecule has 20 heavy (non-hydrogen) atoms. The fourth-order valence-corrected chi connectivity index (χ4v) is 1.63. The van der Waals surface area contributed by atoms with E-state index in [1.165, 1.54) is 0 Å². The third-order valence-corrected chi connectivity index (χ3v) is 2.60. The molecule has 0 saturated heterocycles. The summed E-state index contributed by atoms with van der Waals surface area (Å²) in [6.07, 6.45) is 1.26. The lowest BCUT2D eigenvalue weighted by Crippen LogP contribution is -2.35. The SMILES string of the molecule is COCCCC(N)C(=O)Nc1cccc(NC(N)=O)c1. The van der Waals surface area contributed by atoms with Crippen molar-refractivity contribution >= 4 is 23.3 Å². The van der Waals surface area contributed by atoms with Crippen LogP contribution in [0.3, 0.4) is 0 Å². The van der Waals surface area contributed by atoms with Crippen molar-refractivity contribution in [2.45, 2.75) is 18.9 Å². The molecule has 0 heterocycles. The van der Waals surface area contributed by atoms with Crippen LogP contribution in [0, 0.1) is 0 Å². The van der Waals surface area contributed by atoms with Crippen LogP contribution < -0.4 is 22.1 Å². The molecule has 6 N–H and O–H groups in total. The summed E-state index contributed by atoms with van der Waals surface area (Å²) in [4.78, 5) is 22.6. The van der Waals surface area contributed by atoms with E-state index in [0.29, 0.717) is 30.8 Å². The molecule has 1 aromatic carbocycles. The van der Waals surface area contributed by atoms with Crippen molar-refractivity contribution in [2.75, 3.05) is 24.4 Å². The number of benzene rings is 1. The molecule has 0 aliphatic heterocycles. The number of carbonyl (C=O) groups is 2. The summed E-state index contributed by atoms with van der Waals surface area (Å²) in [5, 5.41) is 5.11. The maximum absolute atomic E-state index is 11.9. The molecular weight excluding hydrogens is 260 g/mol. The fraction of sp³-hybridized carbons (Fsp3) is 0.385. The van der Waals surface area contributed by atoms with E-state index >= 15 is 0 Å². The van der Waals surface area contributed by atoms with Crippen LogP contribution in [0.1, 0.15) is 12.8 Å². The predicted molar refractivity (Wildman–Crippen MR) is 77.4 cm³/mol. The molecule has 0 spiro atoms. The Hall–Kier alpha value is -2.12. The number of amides is 3. The van der Waals surface area contributed by atoms with E-state index < -0.39 is 12.1 Å². The number of anilines is 2. The molecule has 1 unspecified atom stereocenters. The lowest BCUT2D eigenvalue weighted by Gasteiger charge is -2.12. The molecule has 1 atom stereocenters. The number of carbonyl (C=O) groups excluding carboxylic acids is 2. The number of nitrogens with two attached hydrogens (primary N) is 2. The zero-order valence-electron chi connectivity index (χ0n) is 11.4. The van der Waals surface area contributed by atoms with Gasteiger partial charge in [-0.15, -0.1) is 0 Å². The third-order valence-electron chi connectivity index (χ3n) is 2.60. The van der Waals surface area contributed by atoms with Crippen molar-refractivity contribution in [3.05, 3.63) is 24.3 Å². The highest BCUT2D eigenvalue weighted by Crippen LogP contribution is 2.15. The van der Waals surface area contributed by atoms with Gasteiger partial charge in [-0.25, -0.2) is 4.79 Å². The second-order valence-electron chi connectivity index (χ2n) is 4.30. The summed E-state index contributed by atoms with van der Waals surface area (Å²) in [7, 11) is 1.60. The van der Waals surface area contributed by atoms with Crippen molar-refractivity contribution in [3.63, 3.8) is 0 Å². The lowest BCUT2D eigenvalue weighted by atomic mass is 10.1. The summed E-state index contributed by atoms with van der Waals surface area (Å²) in [6, 6.07) is 5.40. The molecular formula is C13H20N4O3. The number of primary amides is 1. The van der Waals surface area contributed by atoms with Crippen LogP contribution in [0.4, 0.5) is 16.2 Å². The van der Waals surface area contributed by atoms with Crippen LogP contribution in [0.5, 0.6) is 0 Å². The molecule has 0 aliphatic carbocycles. The van der Waals surface area contributed by atoms with Crippen LogP contribution in [0.25, 0.3) is 0 Å². The Morgan fingerprint density at radius 3 is 2.55 bits per heavy atom. The maximum atomic E-state index is 11.9. The van der Waals surface area contributed by atoms with E-state index in [9.17, 15) is 9.59 Å². The number of methoxy groups -OCH3 is 1. The van der Waals surface area contributed by atoms with Gasteiger partial charge in [-0.05, 0) is 31.0 Å². The molecule has 0 aliphatic rings. The molecule has 0 aromatic heterocycles. The smallest absolute Gasteiger partial charge is 0.316 e. The molecule has 110 valence electrons. The van der Waals surface area contributed by atoms with Gasteiger partial charge in [0.25, 0.3) is 0 Å². The molecule has 7 nitrogen and oxygen atoms in total. The van der Waals surface area contributed by atoms with Gasteiger partial charge < -0.3 is 26.8 Å². The molecule has 3 amide bonds. The van der Waals surface area contributed by atoms with Gasteiger partial charge in [-0.2, -0.15) is 0 Å². The van der Waals surface area contributed by atoms with Gasteiger partial charge in [0, 0.05) is 25.1 Å². The first-order valence-corrected chi connectivity index (χ1v) is 6.25. The van der Waals surface area contributed by atoms with Gasteiger partial charge in [0.1, 0.15) is 0 Å². The summed E-state index contributed by atoms with van der Waals surface area (Å²) in [5.74, 6) is -0.280. The third kappa shape index (κ3) is 5.68. The first kappa shape index (κ1) is 15.9. The van der Waals surface area contributed by atoms with Crippen LogP contribution in [-0.2, 0) is 9.53 Å². The molecule has 0 bridgehead atoms. The normalized spacial score (nSPS) is 11.7. The second kappa shape index (κ2) is 8.13. The van der Waals surface area contributed by atoms with Gasteiger partial charge in [-0.3, -0.25) is 4.79 Å². The van der Waals surface area contributed by atoms with Crippen molar-refractivity contribution in [3.8, 4) is 0 Å². The van der Waals surface area contributed by atoms with Crippen molar-refractivity contribution in [2.24, 2.45) is 11.5 Å². The van der Waals surface area contributed by atoms with Crippen molar-refractivity contribution in [1.29, 1.82) is 0 Å². The minimum atomic E-state index is -0.662. The maximum Gasteiger partial charge on any atom is 0.316 e. The molecule has 0 radical (unpaired) electrons. The first-order chi connectivity index (χ1) is 9.52. The van der Waals surface area contributed by atoms with Crippen molar-refractivity contribution in [1.82, 2.24) is 0 Å². The quantitative estimate of drug-likeness (QED) is 0.554. The molecule has 0 fully saturated rings. The van der Waals surface area contributed by atoms with Crippen LogP contribution in [0.2, 0.25) is 0 Å². The highest BCUT2D eigenvalue weighted by molar-refractivity contribution is 5.95. The van der Waals surface area contributed by atoms with E-state index in [1.807, 2.05) is 0 Å². The number of nitrogens with one attached hydrogen (secondary N) is 2. The van der Waals surface area contributed by atoms with Crippen molar-refractivity contribution < 1.29 is 14.3 Å². The molecule has 1 aromatic rings. The Bertz CT molecular complexity index is 465. The number of urea groups is 1. The van der Waals surface area contributed by atoms with E-state index in [0.717, 1.165) is 0 Å². The van der Waals surface area contributed by atoms with E-state index in [-0.39, 0.29) is 5.91 Å². The van der Waals surface area contributed by atoms with E-state index in [1.54, 1.807) is 31.4 Å². The average molecular weight is 280 g/mol. The fourth-order valence-electron chi connectivity index (χ4n) is 1.63. The zero-order chi connectivity index (χ0) is 15.0. The summed E-state index contributed by atoms with van der Waals surface area (Å²) < 4.78 is 4.90. The van der Waals surface area contributed by atoms with Crippen LogP contribution >= 0.6 is 0 Å². The number of hydrogen-bond donors (Lipinski definition) is 4. The highest BCUT2D eigenvalue weighted by atomic mass is 16.5. The monoisotopic (exact) mass is 280 g/mol. The Kier molecular flexibility index (Phi) is 6.48. The molecule has 7 heteroatoms. The van der Waals surface area contributed by atoms with E-state index in [4.69, 9.17) is 16.2 Å². The largest absolute Gasteiger partial charge is 0.385 e. The Morgan fingerprint density at radius 1 is 1.30 bits per heavy atom. The van der Waals surface area contributed by atoms with Gasteiger partial charge >= 0.3 is 6.03 Å². The number of rotatable bonds is 7. The zero-order valence-corrected chi connectivity index (χ0v) is 11.4. The van der Waals surface area contributed by atoms with Gasteiger partial charge in [-0.1, -0.05) is 6.07 Å². The minimum Gasteiger partial charge on any atom is -0.385 e. The van der Waals surface area contributed by atoms with E-state index in [2.05, 4.69) is 10.6 Å². The Labute approximate surface area is 117 Å². The minimum absolute atomic E-state index is 0.280. The van der Waals surface area contributed by atoms with Gasteiger partial charge in [0.2, 0.25) is 5.91 Å². The average Bonchev–Trinajstić information content (AvgIpc) is 2.38. The standard InChI is InChI=1S/C13H20N4O3/c1-20-7-3-6-11(14)12(18)16-9-4-2-5-10(8-9)17-13(15)19/h2,4-5,8,11H,3,6-7,14H2,1H3,(H,16,18)(H3,15,17,19). The van der Waals surface area contributed by atoms with Gasteiger partial charge in [0.15, 0.2) is 0 Å². The summed E-state index contributed by atoms with van der Waals surface area (Å²) >= 11 is 0. The van der Waals surface area contributed by atoms with Crippen LogP contribution in [-0.4, -0.2) is 31.7 Å². The Balaban J connectivity index is 2.54. The highest BCUT2D eigenvalue weighted by Gasteiger charge is 2.13. The predicted octanol–water partition coefficient (Wildman–Crippen LogP) is 0.870. The summed E-state index contributed by atoms with van der Waals surface area (Å²) in [5.41, 5.74) is 11.8.